The van der Waals surface area contributed by atoms with Crippen molar-refractivity contribution in [3.05, 3.63) is 76.2 Å². The number of aromatic nitrogens is 1. The van der Waals surface area contributed by atoms with Crippen LogP contribution in [0.5, 0.6) is 5.75 Å². The van der Waals surface area contributed by atoms with Crippen molar-refractivity contribution >= 4 is 11.6 Å². The first-order valence-corrected chi connectivity index (χ1v) is 9.59. The molecule has 2 heterocycles. The van der Waals surface area contributed by atoms with Gasteiger partial charge in [0.2, 0.25) is 0 Å². The molecule has 0 atom stereocenters. The van der Waals surface area contributed by atoms with Crippen molar-refractivity contribution in [2.45, 2.75) is 40.2 Å². The van der Waals surface area contributed by atoms with E-state index in [4.69, 9.17) is 9.26 Å². The van der Waals surface area contributed by atoms with Gasteiger partial charge in [-0.3, -0.25) is 4.79 Å². The van der Waals surface area contributed by atoms with E-state index >= 15 is 0 Å². The number of nitrogens with zero attached hydrogens (tertiary/aromatic N) is 2. The highest BCUT2D eigenvalue weighted by atomic mass is 16.5. The van der Waals surface area contributed by atoms with E-state index in [0.29, 0.717) is 17.9 Å². The maximum atomic E-state index is 13.1. The molecule has 0 spiro atoms. The second kappa shape index (κ2) is 7.50. The van der Waals surface area contributed by atoms with Crippen LogP contribution in [0.2, 0.25) is 0 Å². The molecule has 0 unspecified atom stereocenters. The van der Waals surface area contributed by atoms with E-state index in [2.05, 4.69) is 30.3 Å². The van der Waals surface area contributed by atoms with Crippen LogP contribution >= 0.6 is 0 Å². The summed E-state index contributed by atoms with van der Waals surface area (Å²) in [7, 11) is 0. The van der Waals surface area contributed by atoms with Crippen molar-refractivity contribution in [1.82, 2.24) is 5.16 Å². The zero-order valence-corrected chi connectivity index (χ0v) is 16.5. The van der Waals surface area contributed by atoms with Crippen LogP contribution in [0.4, 0.5) is 5.69 Å². The summed E-state index contributed by atoms with van der Waals surface area (Å²) in [6.07, 6.45) is 2.01. The van der Waals surface area contributed by atoms with Crippen LogP contribution in [-0.4, -0.2) is 17.6 Å². The van der Waals surface area contributed by atoms with Crippen molar-refractivity contribution in [1.29, 1.82) is 0 Å². The van der Waals surface area contributed by atoms with Crippen molar-refractivity contribution in [2.75, 3.05) is 11.4 Å². The summed E-state index contributed by atoms with van der Waals surface area (Å²) in [4.78, 5) is 14.9. The van der Waals surface area contributed by atoms with Gasteiger partial charge < -0.3 is 14.2 Å². The quantitative estimate of drug-likeness (QED) is 0.658. The molecule has 0 aliphatic carbocycles. The number of carbonyl (C=O) groups is 1. The predicted molar refractivity (Wildman–Crippen MR) is 108 cm³/mol. The SMILES string of the molecule is Cc1ccc2c(c1)CCCN2C(=O)c1ccc(OCc2c(C)noc2C)cc1. The number of amides is 1. The van der Waals surface area contributed by atoms with Crippen LogP contribution < -0.4 is 9.64 Å². The molecule has 0 N–H and O–H groups in total. The van der Waals surface area contributed by atoms with E-state index in [1.807, 2.05) is 43.0 Å². The highest BCUT2D eigenvalue weighted by Crippen LogP contribution is 2.29. The lowest BCUT2D eigenvalue weighted by atomic mass is 9.99. The van der Waals surface area contributed by atoms with Crippen molar-refractivity contribution in [3.63, 3.8) is 0 Å². The molecule has 0 saturated heterocycles. The molecule has 5 heteroatoms. The molecule has 5 nitrogen and oxygen atoms in total. The summed E-state index contributed by atoms with van der Waals surface area (Å²) in [5, 5.41) is 3.94. The topological polar surface area (TPSA) is 55.6 Å². The van der Waals surface area contributed by atoms with Gasteiger partial charge in [-0.1, -0.05) is 22.9 Å². The summed E-state index contributed by atoms with van der Waals surface area (Å²) in [5.41, 5.74) is 5.97. The predicted octanol–water partition coefficient (Wildman–Crippen LogP) is 4.77. The lowest BCUT2D eigenvalue weighted by Crippen LogP contribution is -2.35. The van der Waals surface area contributed by atoms with E-state index in [1.54, 1.807) is 0 Å². The molecule has 3 aromatic rings. The van der Waals surface area contributed by atoms with Crippen LogP contribution in [0.3, 0.4) is 0 Å². The first-order chi connectivity index (χ1) is 13.5. The Labute approximate surface area is 164 Å². The number of carbonyl (C=O) groups excluding carboxylic acids is 1. The minimum Gasteiger partial charge on any atom is -0.489 e. The van der Waals surface area contributed by atoms with Gasteiger partial charge >= 0.3 is 0 Å². The summed E-state index contributed by atoms with van der Waals surface area (Å²) in [5.74, 6) is 1.51. The standard InChI is InChI=1S/C23H24N2O3/c1-15-6-11-22-19(13-15)5-4-12-25(22)23(26)18-7-9-20(10-8-18)27-14-21-16(2)24-28-17(21)3/h6-11,13H,4-5,12,14H2,1-3H3. The van der Waals surface area contributed by atoms with Gasteiger partial charge in [-0.25, -0.2) is 0 Å². The van der Waals surface area contributed by atoms with Crippen LogP contribution in [0.15, 0.2) is 47.0 Å². The number of anilines is 1. The second-order valence-electron chi connectivity index (χ2n) is 7.31. The Morgan fingerprint density at radius 3 is 2.64 bits per heavy atom. The zero-order chi connectivity index (χ0) is 19.7. The monoisotopic (exact) mass is 376 g/mol. The third-order valence-corrected chi connectivity index (χ3v) is 5.26. The highest BCUT2D eigenvalue weighted by Gasteiger charge is 2.23. The first kappa shape index (κ1) is 18.3. The van der Waals surface area contributed by atoms with E-state index in [0.717, 1.165) is 42.1 Å². The van der Waals surface area contributed by atoms with E-state index < -0.39 is 0 Å². The van der Waals surface area contributed by atoms with Gasteiger partial charge in [0.15, 0.2) is 0 Å². The molecule has 4 rings (SSSR count). The van der Waals surface area contributed by atoms with E-state index in [9.17, 15) is 4.79 Å². The first-order valence-electron chi connectivity index (χ1n) is 9.59. The number of fused-ring (bicyclic) bond motifs is 1. The molecular formula is C23H24N2O3. The molecule has 2 aromatic carbocycles. The normalized spacial score (nSPS) is 13.3. The fourth-order valence-corrected chi connectivity index (χ4v) is 3.65. The number of ether oxygens (including phenoxy) is 1. The molecule has 28 heavy (non-hydrogen) atoms. The van der Waals surface area contributed by atoms with Crippen LogP contribution in [0.1, 0.15) is 44.9 Å². The third-order valence-electron chi connectivity index (χ3n) is 5.26. The molecule has 0 fully saturated rings. The van der Waals surface area contributed by atoms with Crippen LogP contribution in [0.25, 0.3) is 0 Å². The van der Waals surface area contributed by atoms with Crippen LogP contribution in [-0.2, 0) is 13.0 Å². The number of hydrogen-bond donors (Lipinski definition) is 0. The Balaban J connectivity index is 1.48. The summed E-state index contributed by atoms with van der Waals surface area (Å²) in [6, 6.07) is 13.6. The van der Waals surface area contributed by atoms with Crippen molar-refractivity contribution < 1.29 is 14.1 Å². The fraction of sp³-hybridized carbons (Fsp3) is 0.304. The Bertz CT molecular complexity index is 986. The summed E-state index contributed by atoms with van der Waals surface area (Å²) in [6.45, 7) is 7.00. The minimum atomic E-state index is 0.0297. The minimum absolute atomic E-state index is 0.0297. The van der Waals surface area contributed by atoms with Gasteiger partial charge in [-0.15, -0.1) is 0 Å². The van der Waals surface area contributed by atoms with E-state index in [-0.39, 0.29) is 5.91 Å². The van der Waals surface area contributed by atoms with Gasteiger partial charge in [-0.2, -0.15) is 0 Å². The van der Waals surface area contributed by atoms with E-state index in [1.165, 1.54) is 11.1 Å². The number of benzene rings is 2. The molecule has 1 aliphatic heterocycles. The number of aryl methyl sites for hydroxylation is 4. The maximum absolute atomic E-state index is 13.1. The Morgan fingerprint density at radius 1 is 1.14 bits per heavy atom. The van der Waals surface area contributed by atoms with Gasteiger partial charge in [0.05, 0.1) is 11.3 Å². The second-order valence-corrected chi connectivity index (χ2v) is 7.31. The van der Waals surface area contributed by atoms with Gasteiger partial charge in [0.1, 0.15) is 18.1 Å². The average molecular weight is 376 g/mol. The van der Waals surface area contributed by atoms with Gasteiger partial charge in [-0.05, 0) is 69.5 Å². The fourth-order valence-electron chi connectivity index (χ4n) is 3.65. The molecule has 1 aliphatic rings. The molecular weight excluding hydrogens is 352 g/mol. The largest absolute Gasteiger partial charge is 0.489 e. The maximum Gasteiger partial charge on any atom is 0.258 e. The summed E-state index contributed by atoms with van der Waals surface area (Å²) >= 11 is 0. The molecule has 1 amide bonds. The Hall–Kier alpha value is -3.08. The number of hydrogen-bond acceptors (Lipinski definition) is 4. The van der Waals surface area contributed by atoms with Crippen molar-refractivity contribution in [2.24, 2.45) is 0 Å². The van der Waals surface area contributed by atoms with Crippen molar-refractivity contribution in [3.8, 4) is 5.75 Å². The summed E-state index contributed by atoms with van der Waals surface area (Å²) < 4.78 is 11.0. The van der Waals surface area contributed by atoms with Gasteiger partial charge in [0, 0.05) is 17.8 Å². The average Bonchev–Trinajstić information content (AvgIpc) is 3.03. The van der Waals surface area contributed by atoms with Crippen LogP contribution in [0, 0.1) is 20.8 Å². The molecule has 0 bridgehead atoms. The zero-order valence-electron chi connectivity index (χ0n) is 16.5. The molecule has 0 saturated carbocycles. The molecule has 144 valence electrons. The Morgan fingerprint density at radius 2 is 1.93 bits per heavy atom. The van der Waals surface area contributed by atoms with Gasteiger partial charge in [0.25, 0.3) is 5.91 Å². The Kier molecular flexibility index (Phi) is 4.90. The lowest BCUT2D eigenvalue weighted by Gasteiger charge is -2.30. The lowest BCUT2D eigenvalue weighted by molar-refractivity contribution is 0.0985. The molecule has 1 aromatic heterocycles. The molecule has 0 radical (unpaired) electrons. The number of rotatable bonds is 4. The smallest absolute Gasteiger partial charge is 0.258 e. The highest BCUT2D eigenvalue weighted by molar-refractivity contribution is 6.06. The third kappa shape index (κ3) is 3.52.